The topological polar surface area (TPSA) is 113 Å². The first-order chi connectivity index (χ1) is 13.1. The number of aliphatic carboxylic acids is 1. The second kappa shape index (κ2) is 8.69. The number of carboxylic acid groups (broad SMARTS) is 1. The number of carboxylic acids is 1. The van der Waals surface area contributed by atoms with Crippen LogP contribution in [0.5, 0.6) is 0 Å². The number of carbonyl (C=O) groups is 3. The summed E-state index contributed by atoms with van der Waals surface area (Å²) in [5.41, 5.74) is 3.93. The van der Waals surface area contributed by atoms with E-state index in [4.69, 9.17) is 5.11 Å². The predicted molar refractivity (Wildman–Crippen MR) is 105 cm³/mol. The Balaban J connectivity index is 1.98. The monoisotopic (exact) mass is 386 g/mol. The number of nitrogens with one attached hydrogen (secondary N) is 2. The van der Waals surface area contributed by atoms with Crippen LogP contribution in [0.15, 0.2) is 24.3 Å². The summed E-state index contributed by atoms with van der Waals surface area (Å²) in [7, 11) is 1.88. The number of hydrogen-bond acceptors (Lipinski definition) is 4. The second-order valence-electron chi connectivity index (χ2n) is 6.98. The van der Waals surface area contributed by atoms with Crippen LogP contribution in [0.25, 0.3) is 0 Å². The first-order valence-corrected chi connectivity index (χ1v) is 9.03. The number of anilines is 1. The summed E-state index contributed by atoms with van der Waals surface area (Å²) in [5, 5.41) is 18.4. The molecule has 150 valence electrons. The van der Waals surface area contributed by atoms with Gasteiger partial charge in [-0.05, 0) is 57.0 Å². The molecule has 0 radical (unpaired) electrons. The average Bonchev–Trinajstić information content (AvgIpc) is 2.88. The molecule has 0 aliphatic rings. The first kappa shape index (κ1) is 21.1. The number of amides is 2. The largest absolute Gasteiger partial charge is 0.480 e. The second-order valence-corrected chi connectivity index (χ2v) is 6.98. The molecule has 2 amide bonds. The molecule has 0 aliphatic heterocycles. The first-order valence-electron chi connectivity index (χ1n) is 9.03. The van der Waals surface area contributed by atoms with E-state index >= 15 is 0 Å². The maximum Gasteiger partial charge on any atom is 0.325 e. The zero-order chi connectivity index (χ0) is 21.0. The van der Waals surface area contributed by atoms with Gasteiger partial charge in [-0.2, -0.15) is 5.10 Å². The van der Waals surface area contributed by atoms with Gasteiger partial charge in [-0.15, -0.1) is 0 Å². The van der Waals surface area contributed by atoms with Gasteiger partial charge in [0.05, 0.1) is 5.69 Å². The molecule has 28 heavy (non-hydrogen) atoms. The Hall–Kier alpha value is -3.16. The van der Waals surface area contributed by atoms with Gasteiger partial charge in [0, 0.05) is 29.9 Å². The van der Waals surface area contributed by atoms with Gasteiger partial charge < -0.3 is 15.7 Å². The fourth-order valence-corrected chi connectivity index (χ4v) is 2.82. The van der Waals surface area contributed by atoms with E-state index < -0.39 is 17.9 Å². The van der Waals surface area contributed by atoms with Crippen molar-refractivity contribution in [3.8, 4) is 0 Å². The summed E-state index contributed by atoms with van der Waals surface area (Å²) in [5.74, 6) is -1.96. The zero-order valence-corrected chi connectivity index (χ0v) is 16.7. The van der Waals surface area contributed by atoms with Crippen molar-refractivity contribution in [1.29, 1.82) is 0 Å². The van der Waals surface area contributed by atoms with Gasteiger partial charge in [-0.3, -0.25) is 19.1 Å². The van der Waals surface area contributed by atoms with Crippen LogP contribution < -0.4 is 10.6 Å². The standard InChI is InChI=1S/C20H26N4O4/c1-11(10-17-12(2)23-24(5)14(17)4)18(25)22-16-8-6-15(7-9-16)19(26)21-13(3)20(27)28/h6-9,11,13H,10H2,1-5H3,(H,21,26)(H,22,25)(H,27,28). The Morgan fingerprint density at radius 3 is 2.25 bits per heavy atom. The van der Waals surface area contributed by atoms with E-state index in [-0.39, 0.29) is 11.8 Å². The fraction of sp³-hybridized carbons (Fsp3) is 0.400. The van der Waals surface area contributed by atoms with Crippen LogP contribution in [0.1, 0.15) is 41.2 Å². The molecule has 2 rings (SSSR count). The van der Waals surface area contributed by atoms with Crippen LogP contribution in [0, 0.1) is 19.8 Å². The molecule has 1 aromatic heterocycles. The lowest BCUT2D eigenvalue weighted by Crippen LogP contribution is -2.38. The van der Waals surface area contributed by atoms with Crippen LogP contribution in [0.3, 0.4) is 0 Å². The molecule has 2 unspecified atom stereocenters. The van der Waals surface area contributed by atoms with Crippen molar-refractivity contribution >= 4 is 23.5 Å². The van der Waals surface area contributed by atoms with E-state index in [2.05, 4.69) is 15.7 Å². The number of rotatable bonds is 7. The molecular weight excluding hydrogens is 360 g/mol. The van der Waals surface area contributed by atoms with E-state index in [0.29, 0.717) is 17.7 Å². The third-order valence-corrected chi connectivity index (χ3v) is 4.75. The summed E-state index contributed by atoms with van der Waals surface area (Å²) in [6.07, 6.45) is 0.588. The third kappa shape index (κ3) is 4.97. The van der Waals surface area contributed by atoms with Crippen molar-refractivity contribution in [1.82, 2.24) is 15.1 Å². The lowest BCUT2D eigenvalue weighted by molar-refractivity contribution is -0.138. The summed E-state index contributed by atoms with van der Waals surface area (Å²) >= 11 is 0. The maximum atomic E-state index is 12.5. The number of benzene rings is 1. The Labute approximate surface area is 163 Å². The minimum Gasteiger partial charge on any atom is -0.480 e. The van der Waals surface area contributed by atoms with Crippen LogP contribution >= 0.6 is 0 Å². The van der Waals surface area contributed by atoms with Crippen molar-refractivity contribution in [3.63, 3.8) is 0 Å². The number of aromatic nitrogens is 2. The minimum absolute atomic E-state index is 0.126. The highest BCUT2D eigenvalue weighted by atomic mass is 16.4. The van der Waals surface area contributed by atoms with E-state index in [1.165, 1.54) is 6.92 Å². The minimum atomic E-state index is -1.11. The smallest absolute Gasteiger partial charge is 0.325 e. The Bertz CT molecular complexity index is 886. The average molecular weight is 386 g/mol. The molecule has 2 aromatic rings. The summed E-state index contributed by atoms with van der Waals surface area (Å²) in [6, 6.07) is 5.34. The van der Waals surface area contributed by atoms with Crippen LogP contribution in [-0.2, 0) is 23.1 Å². The van der Waals surface area contributed by atoms with Crippen LogP contribution in [0.4, 0.5) is 5.69 Å². The summed E-state index contributed by atoms with van der Waals surface area (Å²) in [4.78, 5) is 35.3. The van der Waals surface area contributed by atoms with Gasteiger partial charge in [-0.25, -0.2) is 0 Å². The zero-order valence-electron chi connectivity index (χ0n) is 16.7. The van der Waals surface area contributed by atoms with Crippen molar-refractivity contribution in [2.45, 2.75) is 40.2 Å². The Morgan fingerprint density at radius 2 is 1.75 bits per heavy atom. The number of carbonyl (C=O) groups excluding carboxylic acids is 2. The normalized spacial score (nSPS) is 12.9. The van der Waals surface area contributed by atoms with E-state index in [1.54, 1.807) is 24.3 Å². The maximum absolute atomic E-state index is 12.5. The molecule has 0 saturated carbocycles. The summed E-state index contributed by atoms with van der Waals surface area (Å²) in [6.45, 7) is 7.16. The van der Waals surface area contributed by atoms with Crippen molar-refractivity contribution in [2.75, 3.05) is 5.32 Å². The van der Waals surface area contributed by atoms with Crippen molar-refractivity contribution in [2.24, 2.45) is 13.0 Å². The molecule has 8 heteroatoms. The third-order valence-electron chi connectivity index (χ3n) is 4.75. The molecule has 3 N–H and O–H groups in total. The molecule has 0 saturated heterocycles. The molecule has 0 fully saturated rings. The van der Waals surface area contributed by atoms with Gasteiger partial charge in [0.15, 0.2) is 0 Å². The van der Waals surface area contributed by atoms with Gasteiger partial charge in [0.25, 0.3) is 5.91 Å². The van der Waals surface area contributed by atoms with E-state index in [1.807, 2.05) is 32.5 Å². The number of aryl methyl sites for hydroxylation is 2. The number of hydrogen-bond donors (Lipinski definition) is 3. The van der Waals surface area contributed by atoms with Crippen molar-refractivity contribution in [3.05, 3.63) is 46.8 Å². The Morgan fingerprint density at radius 1 is 1.14 bits per heavy atom. The quantitative estimate of drug-likeness (QED) is 0.674. The van der Waals surface area contributed by atoms with Gasteiger partial charge >= 0.3 is 5.97 Å². The lowest BCUT2D eigenvalue weighted by Gasteiger charge is -2.13. The lowest BCUT2D eigenvalue weighted by atomic mass is 9.98. The molecule has 0 spiro atoms. The molecule has 0 bridgehead atoms. The van der Waals surface area contributed by atoms with Crippen LogP contribution in [0.2, 0.25) is 0 Å². The number of nitrogens with zero attached hydrogens (tertiary/aromatic N) is 2. The molecular formula is C20H26N4O4. The van der Waals surface area contributed by atoms with Gasteiger partial charge in [-0.1, -0.05) is 6.92 Å². The SMILES string of the molecule is Cc1nn(C)c(C)c1CC(C)C(=O)Nc1ccc(C(=O)NC(C)C(=O)O)cc1. The van der Waals surface area contributed by atoms with Gasteiger partial charge in [0.1, 0.15) is 6.04 Å². The summed E-state index contributed by atoms with van der Waals surface area (Å²) < 4.78 is 1.81. The highest BCUT2D eigenvalue weighted by Gasteiger charge is 2.19. The van der Waals surface area contributed by atoms with Crippen LogP contribution in [-0.4, -0.2) is 38.7 Å². The molecule has 8 nitrogen and oxygen atoms in total. The molecule has 1 heterocycles. The van der Waals surface area contributed by atoms with Crippen molar-refractivity contribution < 1.29 is 19.5 Å². The fourth-order valence-electron chi connectivity index (χ4n) is 2.82. The predicted octanol–water partition coefficient (Wildman–Crippen LogP) is 2.06. The Kier molecular flexibility index (Phi) is 6.56. The van der Waals surface area contributed by atoms with E-state index in [0.717, 1.165) is 17.0 Å². The molecule has 2 atom stereocenters. The molecule has 1 aromatic carbocycles. The van der Waals surface area contributed by atoms with E-state index in [9.17, 15) is 14.4 Å². The molecule has 0 aliphatic carbocycles. The highest BCUT2D eigenvalue weighted by molar-refractivity contribution is 5.97. The highest BCUT2D eigenvalue weighted by Crippen LogP contribution is 2.18. The van der Waals surface area contributed by atoms with Gasteiger partial charge in [0.2, 0.25) is 5.91 Å².